The Bertz CT molecular complexity index is 189. The molecule has 0 aliphatic rings. The van der Waals surface area contributed by atoms with Gasteiger partial charge in [0.1, 0.15) is 0 Å². The summed E-state index contributed by atoms with van der Waals surface area (Å²) in [6, 6.07) is 0. The lowest BCUT2D eigenvalue weighted by atomic mass is 10.2. The Kier molecular flexibility index (Phi) is 3.68. The van der Waals surface area contributed by atoms with Crippen LogP contribution in [0.5, 0.6) is 0 Å². The van der Waals surface area contributed by atoms with Gasteiger partial charge in [-0.3, -0.25) is 14.8 Å². The predicted molar refractivity (Wildman–Crippen MR) is 30.2 cm³/mol. The lowest BCUT2D eigenvalue weighted by Crippen LogP contribution is -2.28. The summed E-state index contributed by atoms with van der Waals surface area (Å²) in [4.78, 5) is 20.5. The van der Waals surface area contributed by atoms with E-state index in [-0.39, 0.29) is 0 Å². The van der Waals surface area contributed by atoms with Crippen LogP contribution in [0.2, 0.25) is 0 Å². The zero-order valence-electron chi connectivity index (χ0n) is 5.81. The van der Waals surface area contributed by atoms with E-state index in [2.05, 4.69) is 0 Å². The molecule has 70 valence electrons. The molecule has 0 rings (SSSR count). The monoisotopic (exact) mass is 185 g/mol. The van der Waals surface area contributed by atoms with Crippen molar-refractivity contribution >= 4 is 11.7 Å². The van der Waals surface area contributed by atoms with Gasteiger partial charge in [-0.25, -0.2) is 5.48 Å². The van der Waals surface area contributed by atoms with Crippen LogP contribution < -0.4 is 5.48 Å². The quantitative estimate of drug-likeness (QED) is 0.380. The second-order valence-corrected chi connectivity index (χ2v) is 1.98. The molecule has 0 spiro atoms. The van der Waals surface area contributed by atoms with E-state index in [1.807, 2.05) is 0 Å². The molecule has 0 aromatic carbocycles. The number of nitrogens with one attached hydrogen (secondary N) is 1. The van der Waals surface area contributed by atoms with Crippen molar-refractivity contribution in [2.45, 2.75) is 19.0 Å². The molecular weight excluding hydrogens is 179 g/mol. The first-order valence-corrected chi connectivity index (χ1v) is 2.91. The highest BCUT2D eigenvalue weighted by Crippen LogP contribution is 2.21. The van der Waals surface area contributed by atoms with Crippen molar-refractivity contribution in [2.24, 2.45) is 0 Å². The number of hydroxylamine groups is 1. The van der Waals surface area contributed by atoms with Gasteiger partial charge < -0.3 is 0 Å². The van der Waals surface area contributed by atoms with Crippen LogP contribution in [0.1, 0.15) is 12.8 Å². The van der Waals surface area contributed by atoms with Crippen LogP contribution in [0.4, 0.5) is 13.2 Å². The highest BCUT2D eigenvalue weighted by molar-refractivity contribution is 6.35. The van der Waals surface area contributed by atoms with E-state index < -0.39 is 30.7 Å². The molecule has 2 N–H and O–H groups in total. The van der Waals surface area contributed by atoms with E-state index >= 15 is 0 Å². The minimum absolute atomic E-state index is 0.945. The van der Waals surface area contributed by atoms with E-state index in [0.29, 0.717) is 0 Å². The Morgan fingerprint density at radius 1 is 1.33 bits per heavy atom. The Labute approximate surface area is 65.3 Å². The fourth-order valence-electron chi connectivity index (χ4n) is 0.431. The normalized spacial score (nSPS) is 11.0. The second kappa shape index (κ2) is 4.05. The molecule has 0 saturated carbocycles. The van der Waals surface area contributed by atoms with Crippen LogP contribution in [-0.2, 0) is 9.59 Å². The number of hydrogen-bond donors (Lipinski definition) is 2. The van der Waals surface area contributed by atoms with E-state index in [9.17, 15) is 22.8 Å². The van der Waals surface area contributed by atoms with Crippen LogP contribution in [0, 0.1) is 0 Å². The van der Waals surface area contributed by atoms with Gasteiger partial charge in [-0.2, -0.15) is 13.2 Å². The van der Waals surface area contributed by atoms with Crippen molar-refractivity contribution in [3.8, 4) is 0 Å². The van der Waals surface area contributed by atoms with E-state index in [4.69, 9.17) is 5.21 Å². The van der Waals surface area contributed by atoms with Gasteiger partial charge in [0.2, 0.25) is 5.78 Å². The Balaban J connectivity index is 3.80. The molecule has 7 heteroatoms. The van der Waals surface area contributed by atoms with Crippen LogP contribution in [0.15, 0.2) is 0 Å². The number of amides is 1. The summed E-state index contributed by atoms with van der Waals surface area (Å²) in [6.07, 6.45) is -6.78. The third-order valence-electron chi connectivity index (χ3n) is 0.990. The average molecular weight is 185 g/mol. The van der Waals surface area contributed by atoms with Crippen molar-refractivity contribution in [3.05, 3.63) is 0 Å². The first-order chi connectivity index (χ1) is 5.37. The zero-order valence-corrected chi connectivity index (χ0v) is 5.81. The second-order valence-electron chi connectivity index (χ2n) is 1.98. The fourth-order valence-corrected chi connectivity index (χ4v) is 0.431. The highest BCUT2D eigenvalue weighted by atomic mass is 19.4. The maximum atomic E-state index is 11.4. The first-order valence-electron chi connectivity index (χ1n) is 2.91. The number of ketones is 1. The lowest BCUT2D eigenvalue weighted by Gasteiger charge is -2.03. The largest absolute Gasteiger partial charge is 0.389 e. The predicted octanol–water partition coefficient (Wildman–Crippen LogP) is 0.403. The molecular formula is C5H6F3NO3. The molecule has 1 amide bonds. The third-order valence-corrected chi connectivity index (χ3v) is 0.990. The Morgan fingerprint density at radius 3 is 2.17 bits per heavy atom. The van der Waals surface area contributed by atoms with Crippen molar-refractivity contribution in [1.29, 1.82) is 0 Å². The molecule has 4 nitrogen and oxygen atoms in total. The molecule has 0 aromatic heterocycles. The topological polar surface area (TPSA) is 66.4 Å². The average Bonchev–Trinajstić information content (AvgIpc) is 1.97. The number of alkyl halides is 3. The van der Waals surface area contributed by atoms with Gasteiger partial charge in [0.05, 0.1) is 6.42 Å². The van der Waals surface area contributed by atoms with Crippen LogP contribution in [0.3, 0.4) is 0 Å². The number of carbonyl (C=O) groups is 2. The number of hydrogen-bond acceptors (Lipinski definition) is 3. The molecule has 0 aliphatic carbocycles. The number of carbonyl (C=O) groups excluding carboxylic acids is 2. The summed E-state index contributed by atoms with van der Waals surface area (Å²) >= 11 is 0. The maximum absolute atomic E-state index is 11.4. The molecule has 12 heavy (non-hydrogen) atoms. The van der Waals surface area contributed by atoms with Gasteiger partial charge in [0, 0.05) is 6.42 Å². The van der Waals surface area contributed by atoms with Gasteiger partial charge in [-0.05, 0) is 0 Å². The summed E-state index contributed by atoms with van der Waals surface area (Å²) in [5, 5.41) is 7.83. The van der Waals surface area contributed by atoms with Gasteiger partial charge in [-0.15, -0.1) is 0 Å². The molecule has 0 radical (unpaired) electrons. The maximum Gasteiger partial charge on any atom is 0.389 e. The lowest BCUT2D eigenvalue weighted by molar-refractivity contribution is -0.150. The van der Waals surface area contributed by atoms with E-state index in [1.54, 1.807) is 0 Å². The van der Waals surface area contributed by atoms with Gasteiger partial charge >= 0.3 is 12.1 Å². The van der Waals surface area contributed by atoms with Gasteiger partial charge in [-0.1, -0.05) is 0 Å². The molecule has 0 fully saturated rings. The van der Waals surface area contributed by atoms with Crippen molar-refractivity contribution in [1.82, 2.24) is 5.48 Å². The molecule has 0 aliphatic heterocycles. The first kappa shape index (κ1) is 10.9. The number of halogens is 3. The minimum Gasteiger partial charge on any atom is -0.289 e. The number of rotatable bonds is 3. The van der Waals surface area contributed by atoms with Crippen LogP contribution in [0.25, 0.3) is 0 Å². The van der Waals surface area contributed by atoms with Crippen molar-refractivity contribution in [2.75, 3.05) is 0 Å². The standard InChI is InChI=1S/C5H6F3NO3/c6-5(7,8)2-1-3(10)4(11)9-12/h12H,1-2H2,(H,9,11). The minimum atomic E-state index is -4.47. The Hall–Kier alpha value is -1.11. The molecule has 0 heterocycles. The SMILES string of the molecule is O=C(CCC(F)(F)F)C(=O)NO. The summed E-state index contributed by atoms with van der Waals surface area (Å²) in [6.45, 7) is 0. The summed E-state index contributed by atoms with van der Waals surface area (Å²) in [7, 11) is 0. The summed E-state index contributed by atoms with van der Waals surface area (Å²) < 4.78 is 34.3. The molecule has 0 unspecified atom stereocenters. The van der Waals surface area contributed by atoms with Crippen molar-refractivity contribution < 1.29 is 28.0 Å². The summed E-state index contributed by atoms with van der Waals surface area (Å²) in [5.41, 5.74) is 0.945. The number of Topliss-reactive ketones (excluding diaryl/α,β-unsaturated/α-hetero) is 1. The highest BCUT2D eigenvalue weighted by Gasteiger charge is 2.29. The molecule has 0 saturated heterocycles. The van der Waals surface area contributed by atoms with Crippen LogP contribution in [-0.4, -0.2) is 23.1 Å². The van der Waals surface area contributed by atoms with E-state index in [0.717, 1.165) is 5.48 Å². The van der Waals surface area contributed by atoms with Gasteiger partial charge in [0.15, 0.2) is 0 Å². The smallest absolute Gasteiger partial charge is 0.289 e. The summed E-state index contributed by atoms with van der Waals surface area (Å²) in [5.74, 6) is -2.73. The molecule has 0 bridgehead atoms. The Morgan fingerprint density at radius 2 is 1.83 bits per heavy atom. The zero-order chi connectivity index (χ0) is 9.78. The molecule has 0 atom stereocenters. The van der Waals surface area contributed by atoms with Crippen molar-refractivity contribution in [3.63, 3.8) is 0 Å². The third kappa shape index (κ3) is 4.67. The van der Waals surface area contributed by atoms with Crippen LogP contribution >= 0.6 is 0 Å². The molecule has 0 aromatic rings. The fraction of sp³-hybridized carbons (Fsp3) is 0.600. The van der Waals surface area contributed by atoms with Gasteiger partial charge in [0.25, 0.3) is 0 Å². The van der Waals surface area contributed by atoms with E-state index in [1.165, 1.54) is 0 Å².